The van der Waals surface area contributed by atoms with Gasteiger partial charge in [-0.3, -0.25) is 28.3 Å². The minimum Gasteiger partial charge on any atom is -0.756 e. The van der Waals surface area contributed by atoms with E-state index in [1.807, 2.05) is 0 Å². The third-order valence-corrected chi connectivity index (χ3v) is 14.9. The molecule has 0 aromatic rings. The number of hydrogen-bond donors (Lipinski definition) is 1. The fourth-order valence-corrected chi connectivity index (χ4v) is 9.94. The molecule has 0 aromatic heterocycles. The van der Waals surface area contributed by atoms with Gasteiger partial charge in [-0.25, -0.2) is 0 Å². The molecular weight excluding hydrogens is 1060 g/mol. The number of unbranched alkanes of at least 4 members (excludes halogenated alkanes) is 32. The van der Waals surface area contributed by atoms with Crippen molar-refractivity contribution in [2.24, 2.45) is 0 Å². The SMILES string of the molecule is CCCCCCCCCCCC(=O)OCC(COP(=O)([O-])OCC(O)COP(=O)([O-])OCC(COC(=O)CCCCCCCCCCC)OC(=O)CCCCCCCCCCC)OC(=O)CCCCCCCCCCC.[Na+].[Na+]. The van der Waals surface area contributed by atoms with Crippen molar-refractivity contribution in [3.05, 3.63) is 0 Å². The van der Waals surface area contributed by atoms with Crippen molar-refractivity contribution >= 4 is 39.5 Å². The van der Waals surface area contributed by atoms with Gasteiger partial charge in [0.2, 0.25) is 0 Å². The molecule has 17 nitrogen and oxygen atoms in total. The van der Waals surface area contributed by atoms with E-state index in [1.165, 1.54) is 103 Å². The fraction of sp³-hybridized carbons (Fsp3) is 0.930. The van der Waals surface area contributed by atoms with E-state index in [0.29, 0.717) is 25.7 Å². The zero-order chi connectivity index (χ0) is 56.2. The average molecular weight is 1170 g/mol. The molecule has 0 aliphatic carbocycles. The van der Waals surface area contributed by atoms with Gasteiger partial charge in [0.1, 0.15) is 19.3 Å². The molecule has 0 spiro atoms. The smallest absolute Gasteiger partial charge is 0.756 e. The largest absolute Gasteiger partial charge is 1.00 e. The molecule has 0 rings (SSSR count). The molecule has 0 amide bonds. The first-order chi connectivity index (χ1) is 36.7. The Morgan fingerprint density at radius 3 is 0.782 bits per heavy atom. The Morgan fingerprint density at radius 1 is 0.333 bits per heavy atom. The first kappa shape index (κ1) is 82.3. The molecule has 0 aliphatic heterocycles. The molecule has 0 fully saturated rings. The number of phosphoric acid groups is 2. The Morgan fingerprint density at radius 2 is 0.538 bits per heavy atom. The second-order valence-corrected chi connectivity index (χ2v) is 23.5. The van der Waals surface area contributed by atoms with Crippen LogP contribution in [0.2, 0.25) is 0 Å². The van der Waals surface area contributed by atoms with Gasteiger partial charge in [-0.2, -0.15) is 0 Å². The van der Waals surface area contributed by atoms with Gasteiger partial charge in [0.15, 0.2) is 12.2 Å². The summed E-state index contributed by atoms with van der Waals surface area (Å²) in [6.45, 7) is 4.36. The van der Waals surface area contributed by atoms with E-state index in [4.69, 9.17) is 37.0 Å². The Labute approximate surface area is 517 Å². The van der Waals surface area contributed by atoms with E-state index < -0.39 is 97.5 Å². The van der Waals surface area contributed by atoms with Gasteiger partial charge in [-0.15, -0.1) is 0 Å². The van der Waals surface area contributed by atoms with Crippen molar-refractivity contribution in [3.63, 3.8) is 0 Å². The number of ether oxygens (including phenoxy) is 4. The summed E-state index contributed by atoms with van der Waals surface area (Å²) >= 11 is 0. The first-order valence-electron chi connectivity index (χ1n) is 30.2. The van der Waals surface area contributed by atoms with Gasteiger partial charge < -0.3 is 51.9 Å². The predicted octanol–water partition coefficient (Wildman–Crippen LogP) is 7.95. The van der Waals surface area contributed by atoms with Crippen LogP contribution in [0.3, 0.4) is 0 Å². The monoisotopic (exact) mass is 1170 g/mol. The van der Waals surface area contributed by atoms with Gasteiger partial charge in [0.25, 0.3) is 15.6 Å². The number of carbonyl (C=O) groups excluding carboxylic acids is 4. The number of esters is 4. The molecule has 21 heteroatoms. The summed E-state index contributed by atoms with van der Waals surface area (Å²) in [6, 6.07) is 0. The zero-order valence-corrected chi connectivity index (χ0v) is 55.9. The molecule has 450 valence electrons. The standard InChI is InChI=1S/C57H110O17P2.2Na/c1-5-9-13-17-21-25-29-33-37-41-54(59)67-47-52(73-56(61)43-39-35-31-27-23-19-15-11-7-3)49-71-75(63,64)69-45-51(58)46-70-76(65,66)72-50-53(74-57(62)44-40-36-32-28-24-20-16-12-8-4)48-68-55(60)42-38-34-30-26-22-18-14-10-6-2;;/h51-53,58H,5-50H2,1-4H3,(H,63,64)(H,65,66);;/q;2*+1/p-2. The maximum atomic E-state index is 12.8. The summed E-state index contributed by atoms with van der Waals surface area (Å²) in [5.74, 6) is -2.24. The van der Waals surface area contributed by atoms with E-state index in [2.05, 4.69) is 27.7 Å². The second-order valence-electron chi connectivity index (χ2n) is 20.6. The maximum Gasteiger partial charge on any atom is 1.00 e. The summed E-state index contributed by atoms with van der Waals surface area (Å²) in [4.78, 5) is 76.2. The summed E-state index contributed by atoms with van der Waals surface area (Å²) in [7, 11) is -10.4. The van der Waals surface area contributed by atoms with Gasteiger partial charge in [0, 0.05) is 25.7 Å². The van der Waals surface area contributed by atoms with Crippen LogP contribution in [0.5, 0.6) is 0 Å². The molecule has 1 N–H and O–H groups in total. The number of carbonyl (C=O) groups is 4. The van der Waals surface area contributed by atoms with Gasteiger partial charge in [0.05, 0.1) is 26.4 Å². The third-order valence-electron chi connectivity index (χ3n) is 13.1. The van der Waals surface area contributed by atoms with E-state index in [0.717, 1.165) is 103 Å². The Kier molecular flexibility index (Phi) is 62.0. The van der Waals surface area contributed by atoms with Crippen molar-refractivity contribution in [1.82, 2.24) is 0 Å². The number of phosphoric ester groups is 2. The van der Waals surface area contributed by atoms with Crippen LogP contribution in [-0.4, -0.2) is 86.9 Å². The van der Waals surface area contributed by atoms with Crippen LogP contribution in [-0.2, 0) is 65.4 Å². The summed E-state index contributed by atoms with van der Waals surface area (Å²) < 4.78 is 66.7. The van der Waals surface area contributed by atoms with Crippen molar-refractivity contribution in [3.8, 4) is 0 Å². The molecule has 0 saturated heterocycles. The van der Waals surface area contributed by atoms with Crippen LogP contribution in [0.15, 0.2) is 0 Å². The van der Waals surface area contributed by atoms with Crippen LogP contribution in [0.1, 0.15) is 285 Å². The molecule has 78 heavy (non-hydrogen) atoms. The average Bonchev–Trinajstić information content (AvgIpc) is 3.39. The second kappa shape index (κ2) is 58.8. The topological polar surface area (TPSA) is 243 Å². The molecule has 0 saturated carbocycles. The van der Waals surface area contributed by atoms with Crippen LogP contribution >= 0.6 is 15.6 Å². The van der Waals surface area contributed by atoms with Crippen LogP contribution < -0.4 is 68.9 Å². The van der Waals surface area contributed by atoms with E-state index >= 15 is 0 Å². The van der Waals surface area contributed by atoms with E-state index in [9.17, 15) is 43.2 Å². The van der Waals surface area contributed by atoms with Gasteiger partial charge in [-0.1, -0.05) is 233 Å². The minimum atomic E-state index is -5.20. The molecular formula is C57H108Na2O17P2. The van der Waals surface area contributed by atoms with Gasteiger partial charge >= 0.3 is 83.0 Å². The molecule has 4 unspecified atom stereocenters. The maximum absolute atomic E-state index is 12.8. The molecule has 0 bridgehead atoms. The van der Waals surface area contributed by atoms with Crippen molar-refractivity contribution in [1.29, 1.82) is 0 Å². The van der Waals surface area contributed by atoms with Crippen molar-refractivity contribution in [2.45, 2.75) is 303 Å². The predicted molar refractivity (Wildman–Crippen MR) is 294 cm³/mol. The fourth-order valence-electron chi connectivity index (χ4n) is 8.38. The number of aliphatic hydroxyl groups excluding tert-OH is 1. The number of aliphatic hydroxyl groups is 1. The number of hydrogen-bond acceptors (Lipinski definition) is 17. The van der Waals surface area contributed by atoms with E-state index in [-0.39, 0.29) is 84.8 Å². The first-order valence-corrected chi connectivity index (χ1v) is 33.2. The van der Waals surface area contributed by atoms with Crippen molar-refractivity contribution < 1.29 is 139 Å². The number of rotatable bonds is 58. The summed E-state index contributed by atoms with van der Waals surface area (Å²) in [6.07, 6.45) is 34.2. The summed E-state index contributed by atoms with van der Waals surface area (Å²) in [5, 5.41) is 10.4. The van der Waals surface area contributed by atoms with Gasteiger partial charge in [-0.05, 0) is 25.7 Å². The summed E-state index contributed by atoms with van der Waals surface area (Å²) in [5.41, 5.74) is 0. The quantitative estimate of drug-likeness (QED) is 0.0200. The Balaban J connectivity index is -0.0000281. The van der Waals surface area contributed by atoms with Crippen LogP contribution in [0.25, 0.3) is 0 Å². The third kappa shape index (κ3) is 57.9. The van der Waals surface area contributed by atoms with Crippen LogP contribution in [0.4, 0.5) is 0 Å². The molecule has 0 aromatic carbocycles. The molecule has 0 heterocycles. The van der Waals surface area contributed by atoms with Crippen molar-refractivity contribution in [2.75, 3.05) is 39.6 Å². The Hall–Kier alpha value is 0.0600. The molecule has 0 radical (unpaired) electrons. The normalized spacial score (nSPS) is 14.0. The molecule has 0 aliphatic rings. The van der Waals surface area contributed by atoms with E-state index in [1.54, 1.807) is 0 Å². The molecule has 4 atom stereocenters. The minimum absolute atomic E-state index is 0. The zero-order valence-electron chi connectivity index (χ0n) is 50.1. The van der Waals surface area contributed by atoms with Crippen LogP contribution in [0, 0.1) is 0 Å². The Bertz CT molecular complexity index is 1390.